The zero-order valence-corrected chi connectivity index (χ0v) is 21.7. The van der Waals surface area contributed by atoms with Crippen molar-refractivity contribution in [1.82, 2.24) is 20.0 Å². The highest BCUT2D eigenvalue weighted by Crippen LogP contribution is 2.42. The molecule has 3 atom stereocenters. The lowest BCUT2D eigenvalue weighted by atomic mass is 9.75. The Morgan fingerprint density at radius 3 is 2.78 bits per heavy atom. The maximum atomic E-state index is 12.2. The van der Waals surface area contributed by atoms with Crippen molar-refractivity contribution in [2.75, 3.05) is 20.2 Å². The number of carboxylic acids is 1. The third-order valence-corrected chi connectivity index (χ3v) is 8.21. The normalized spacial score (nSPS) is 25.2. The first-order valence-corrected chi connectivity index (χ1v) is 13.2. The number of fused-ring (bicyclic) bond motifs is 1. The van der Waals surface area contributed by atoms with Crippen LogP contribution >= 0.6 is 0 Å². The zero-order chi connectivity index (χ0) is 26.1. The highest BCUT2D eigenvalue weighted by molar-refractivity contribution is 5.83. The fourth-order valence-electron chi connectivity index (χ4n) is 5.81. The second kappa shape index (κ2) is 10.8. The molecule has 198 valence electrons. The smallest absolute Gasteiger partial charge is 0.308 e. The van der Waals surface area contributed by atoms with Crippen molar-refractivity contribution >= 4 is 16.9 Å². The van der Waals surface area contributed by atoms with Gasteiger partial charge in [-0.2, -0.15) is 4.98 Å². The summed E-state index contributed by atoms with van der Waals surface area (Å²) in [5.74, 6) is 1.50. The van der Waals surface area contributed by atoms with Crippen molar-refractivity contribution in [1.29, 1.82) is 0 Å². The Kier molecular flexibility index (Phi) is 7.44. The number of carbonyl (C=O) groups is 1. The molecule has 2 N–H and O–H groups in total. The van der Waals surface area contributed by atoms with Gasteiger partial charge in [0.2, 0.25) is 5.89 Å². The molecule has 9 heteroatoms. The molecule has 1 aromatic carbocycles. The fourth-order valence-corrected chi connectivity index (χ4v) is 5.81. The summed E-state index contributed by atoms with van der Waals surface area (Å²) in [5.41, 5.74) is 1.60. The SMILES string of the molecule is COc1ccc2nccc(C(O)CC[C@@H]3CCN(C4CC(c5nc(C(C)C)no5)C4)C[C@@H]3C(=O)O)c2c1. The lowest BCUT2D eigenvalue weighted by molar-refractivity contribution is -0.147. The first-order chi connectivity index (χ1) is 17.8. The highest BCUT2D eigenvalue weighted by atomic mass is 16.5. The molecule has 1 saturated carbocycles. The molecule has 0 spiro atoms. The number of pyridine rings is 1. The molecule has 37 heavy (non-hydrogen) atoms. The highest BCUT2D eigenvalue weighted by Gasteiger charge is 2.42. The molecule has 1 unspecified atom stereocenters. The molecule has 1 aliphatic heterocycles. The summed E-state index contributed by atoms with van der Waals surface area (Å²) >= 11 is 0. The van der Waals surface area contributed by atoms with E-state index in [0.717, 1.165) is 48.1 Å². The number of nitrogens with zero attached hydrogens (tertiary/aromatic N) is 4. The number of methoxy groups -OCH3 is 1. The van der Waals surface area contributed by atoms with Gasteiger partial charge in [-0.05, 0) is 74.4 Å². The van der Waals surface area contributed by atoms with Gasteiger partial charge >= 0.3 is 5.97 Å². The van der Waals surface area contributed by atoms with E-state index < -0.39 is 18.0 Å². The quantitative estimate of drug-likeness (QED) is 0.429. The number of aliphatic hydroxyl groups is 1. The monoisotopic (exact) mass is 508 g/mol. The molecular formula is C28H36N4O5. The fraction of sp³-hybridized carbons (Fsp3) is 0.571. The van der Waals surface area contributed by atoms with E-state index in [-0.39, 0.29) is 17.8 Å². The van der Waals surface area contributed by atoms with Crippen LogP contribution in [-0.4, -0.2) is 62.4 Å². The number of rotatable bonds is 9. The molecule has 2 fully saturated rings. The predicted octanol–water partition coefficient (Wildman–Crippen LogP) is 4.53. The van der Waals surface area contributed by atoms with Crippen LogP contribution in [0.5, 0.6) is 5.75 Å². The molecule has 2 aromatic heterocycles. The van der Waals surface area contributed by atoms with Crippen LogP contribution in [-0.2, 0) is 4.79 Å². The second-order valence-corrected chi connectivity index (χ2v) is 10.8. The summed E-state index contributed by atoms with van der Waals surface area (Å²) in [5, 5.41) is 26.0. The van der Waals surface area contributed by atoms with Gasteiger partial charge in [-0.15, -0.1) is 0 Å². The van der Waals surface area contributed by atoms with E-state index in [0.29, 0.717) is 37.1 Å². The molecule has 1 aliphatic carbocycles. The number of aliphatic hydroxyl groups excluding tert-OH is 1. The first kappa shape index (κ1) is 25.6. The van der Waals surface area contributed by atoms with E-state index in [2.05, 4.69) is 20.0 Å². The summed E-state index contributed by atoms with van der Waals surface area (Å²) < 4.78 is 10.8. The molecule has 5 rings (SSSR count). The lowest BCUT2D eigenvalue weighted by Crippen LogP contribution is -2.52. The molecule has 3 aromatic rings. The maximum Gasteiger partial charge on any atom is 0.308 e. The Balaban J connectivity index is 1.18. The molecule has 0 amide bonds. The number of ether oxygens (including phenoxy) is 1. The van der Waals surface area contributed by atoms with Gasteiger partial charge in [-0.3, -0.25) is 14.7 Å². The van der Waals surface area contributed by atoms with Gasteiger partial charge in [0.25, 0.3) is 0 Å². The first-order valence-electron chi connectivity index (χ1n) is 13.2. The number of piperidine rings is 1. The number of benzene rings is 1. The Labute approximate surface area is 216 Å². The average Bonchev–Trinajstić information content (AvgIpc) is 3.36. The van der Waals surface area contributed by atoms with E-state index >= 15 is 0 Å². The van der Waals surface area contributed by atoms with Crippen LogP contribution in [0.25, 0.3) is 10.9 Å². The van der Waals surface area contributed by atoms with Crippen molar-refractivity contribution in [3.63, 3.8) is 0 Å². The van der Waals surface area contributed by atoms with Crippen molar-refractivity contribution in [3.05, 3.63) is 47.7 Å². The average molecular weight is 509 g/mol. The Morgan fingerprint density at radius 1 is 1.27 bits per heavy atom. The van der Waals surface area contributed by atoms with Crippen LogP contribution in [0.15, 0.2) is 35.0 Å². The van der Waals surface area contributed by atoms with Gasteiger partial charge in [0.1, 0.15) is 5.75 Å². The van der Waals surface area contributed by atoms with Crippen LogP contribution in [0.3, 0.4) is 0 Å². The minimum absolute atomic E-state index is 0.0338. The van der Waals surface area contributed by atoms with Gasteiger partial charge < -0.3 is 19.5 Å². The van der Waals surface area contributed by atoms with E-state index in [4.69, 9.17) is 9.26 Å². The molecule has 0 bridgehead atoms. The van der Waals surface area contributed by atoms with Gasteiger partial charge in [-0.1, -0.05) is 19.0 Å². The molecule has 0 radical (unpaired) electrons. The topological polar surface area (TPSA) is 122 Å². The number of hydrogen-bond donors (Lipinski definition) is 2. The number of aliphatic carboxylic acids is 1. The number of aromatic nitrogens is 3. The minimum Gasteiger partial charge on any atom is -0.497 e. The molecule has 3 heterocycles. The Hall–Kier alpha value is -3.04. The summed E-state index contributed by atoms with van der Waals surface area (Å²) in [4.78, 5) is 23.5. The predicted molar refractivity (Wildman–Crippen MR) is 137 cm³/mol. The van der Waals surface area contributed by atoms with Crippen LogP contribution < -0.4 is 4.74 Å². The van der Waals surface area contributed by atoms with Crippen molar-refractivity contribution in [3.8, 4) is 5.75 Å². The summed E-state index contributed by atoms with van der Waals surface area (Å²) in [6.45, 7) is 5.51. The summed E-state index contributed by atoms with van der Waals surface area (Å²) in [7, 11) is 1.61. The van der Waals surface area contributed by atoms with Crippen molar-refractivity contribution in [2.24, 2.45) is 11.8 Å². The van der Waals surface area contributed by atoms with Gasteiger partial charge in [-0.25, -0.2) is 0 Å². The van der Waals surface area contributed by atoms with Gasteiger partial charge in [0, 0.05) is 36.0 Å². The third kappa shape index (κ3) is 5.33. The van der Waals surface area contributed by atoms with Crippen molar-refractivity contribution < 1.29 is 24.3 Å². The van der Waals surface area contributed by atoms with Gasteiger partial charge in [0.05, 0.1) is 24.6 Å². The van der Waals surface area contributed by atoms with Crippen LogP contribution in [0, 0.1) is 11.8 Å². The molecular weight excluding hydrogens is 472 g/mol. The van der Waals surface area contributed by atoms with Crippen LogP contribution in [0.4, 0.5) is 0 Å². The lowest BCUT2D eigenvalue weighted by Gasteiger charge is -2.46. The van der Waals surface area contributed by atoms with Crippen molar-refractivity contribution in [2.45, 2.75) is 69.9 Å². The summed E-state index contributed by atoms with van der Waals surface area (Å²) in [6.07, 6.45) is 4.84. The Bertz CT molecular complexity index is 1240. The van der Waals surface area contributed by atoms with E-state index in [1.54, 1.807) is 13.3 Å². The Morgan fingerprint density at radius 2 is 2.08 bits per heavy atom. The van der Waals surface area contributed by atoms with E-state index in [1.807, 2.05) is 38.1 Å². The maximum absolute atomic E-state index is 12.2. The van der Waals surface area contributed by atoms with Crippen LogP contribution in [0.1, 0.15) is 81.2 Å². The van der Waals surface area contributed by atoms with E-state index in [9.17, 15) is 15.0 Å². The van der Waals surface area contributed by atoms with Gasteiger partial charge in [0.15, 0.2) is 5.82 Å². The number of likely N-dealkylation sites (tertiary alicyclic amines) is 1. The molecule has 2 aliphatic rings. The van der Waals surface area contributed by atoms with Crippen LogP contribution in [0.2, 0.25) is 0 Å². The molecule has 9 nitrogen and oxygen atoms in total. The summed E-state index contributed by atoms with van der Waals surface area (Å²) in [6, 6.07) is 7.82. The minimum atomic E-state index is -0.752. The standard InChI is InChI=1S/C28H36N4O5/c1-16(2)26-30-27(37-31-26)18-12-19(13-18)32-11-9-17(23(15-32)28(34)35)4-7-25(33)21-8-10-29-24-6-5-20(36-3)14-22(21)24/h5-6,8,10,14,16-19,23,25,33H,4,7,9,11-13,15H2,1-3H3,(H,34,35)/t17-,18?,19?,23+,25?/m1/s1. The third-order valence-electron chi connectivity index (χ3n) is 8.21. The zero-order valence-electron chi connectivity index (χ0n) is 21.7. The number of hydrogen-bond acceptors (Lipinski definition) is 8. The van der Waals surface area contributed by atoms with E-state index in [1.165, 1.54) is 0 Å². The largest absolute Gasteiger partial charge is 0.497 e. The second-order valence-electron chi connectivity index (χ2n) is 10.8. The number of carboxylic acid groups (broad SMARTS) is 1. The molecule has 1 saturated heterocycles.